The van der Waals surface area contributed by atoms with Crippen LogP contribution in [0.1, 0.15) is 17.5 Å². The van der Waals surface area contributed by atoms with Gasteiger partial charge >= 0.3 is 0 Å². The van der Waals surface area contributed by atoms with Crippen molar-refractivity contribution < 1.29 is 5.11 Å². The lowest BCUT2D eigenvalue weighted by Crippen LogP contribution is -1.87. The van der Waals surface area contributed by atoms with E-state index in [4.69, 9.17) is 0 Å². The van der Waals surface area contributed by atoms with Gasteiger partial charge in [-0.2, -0.15) is 0 Å². The highest BCUT2D eigenvalue weighted by molar-refractivity contribution is 6.11. The molecule has 1 N–H and O–H groups in total. The highest BCUT2D eigenvalue weighted by Gasteiger charge is 2.17. The van der Waals surface area contributed by atoms with Crippen molar-refractivity contribution in [3.63, 3.8) is 0 Å². The van der Waals surface area contributed by atoms with Gasteiger partial charge in [0, 0.05) is 5.39 Å². The van der Waals surface area contributed by atoms with Crippen LogP contribution in [0.5, 0.6) is 5.75 Å². The van der Waals surface area contributed by atoms with E-state index in [9.17, 15) is 5.11 Å². The SMILES string of the molecule is Oc1cc2c(c3ccc4ccccc4c13)CCC2. The number of aryl methyl sites for hydroxylation is 2. The summed E-state index contributed by atoms with van der Waals surface area (Å²) in [6.45, 7) is 0. The molecule has 1 heteroatoms. The summed E-state index contributed by atoms with van der Waals surface area (Å²) in [7, 11) is 0. The summed E-state index contributed by atoms with van der Waals surface area (Å²) in [5, 5.41) is 14.9. The fraction of sp³-hybridized carbons (Fsp3) is 0.176. The molecule has 0 heterocycles. The fourth-order valence-corrected chi connectivity index (χ4v) is 3.27. The highest BCUT2D eigenvalue weighted by Crippen LogP contribution is 2.39. The molecule has 0 unspecified atom stereocenters. The smallest absolute Gasteiger partial charge is 0.124 e. The summed E-state index contributed by atoms with van der Waals surface area (Å²) in [6, 6.07) is 14.6. The average molecular weight is 234 g/mol. The number of hydrogen-bond acceptors (Lipinski definition) is 1. The third kappa shape index (κ3) is 1.22. The van der Waals surface area contributed by atoms with Crippen LogP contribution in [0, 0.1) is 0 Å². The Bertz CT molecular complexity index is 771. The molecule has 0 radical (unpaired) electrons. The van der Waals surface area contributed by atoms with Crippen molar-refractivity contribution in [2.45, 2.75) is 19.3 Å². The first-order valence-electron chi connectivity index (χ1n) is 6.50. The highest BCUT2D eigenvalue weighted by atomic mass is 16.3. The van der Waals surface area contributed by atoms with Crippen molar-refractivity contribution in [1.82, 2.24) is 0 Å². The minimum Gasteiger partial charge on any atom is -0.507 e. The van der Waals surface area contributed by atoms with E-state index in [0.717, 1.165) is 23.6 Å². The van der Waals surface area contributed by atoms with E-state index in [2.05, 4.69) is 24.3 Å². The van der Waals surface area contributed by atoms with Gasteiger partial charge in [0.15, 0.2) is 0 Å². The van der Waals surface area contributed by atoms with Crippen LogP contribution in [0.4, 0.5) is 0 Å². The Morgan fingerprint density at radius 2 is 1.78 bits per heavy atom. The van der Waals surface area contributed by atoms with Gasteiger partial charge in [-0.3, -0.25) is 0 Å². The molecule has 18 heavy (non-hydrogen) atoms. The second-order valence-corrected chi connectivity index (χ2v) is 5.10. The zero-order valence-corrected chi connectivity index (χ0v) is 10.1. The van der Waals surface area contributed by atoms with Gasteiger partial charge in [0.1, 0.15) is 5.75 Å². The molecule has 0 spiro atoms. The van der Waals surface area contributed by atoms with Crippen molar-refractivity contribution in [2.24, 2.45) is 0 Å². The molecule has 3 aromatic rings. The number of rotatable bonds is 0. The maximum absolute atomic E-state index is 10.3. The predicted octanol–water partition coefficient (Wildman–Crippen LogP) is 4.19. The maximum atomic E-state index is 10.3. The van der Waals surface area contributed by atoms with Crippen LogP contribution in [-0.2, 0) is 12.8 Å². The molecule has 3 aromatic carbocycles. The van der Waals surface area contributed by atoms with Crippen LogP contribution in [0.3, 0.4) is 0 Å². The predicted molar refractivity (Wildman–Crippen MR) is 75.1 cm³/mol. The summed E-state index contributed by atoms with van der Waals surface area (Å²) in [4.78, 5) is 0. The molecule has 0 fully saturated rings. The second kappa shape index (κ2) is 3.49. The van der Waals surface area contributed by atoms with Crippen molar-refractivity contribution in [1.29, 1.82) is 0 Å². The van der Waals surface area contributed by atoms with Crippen molar-refractivity contribution in [3.05, 3.63) is 53.6 Å². The van der Waals surface area contributed by atoms with E-state index in [1.807, 2.05) is 18.2 Å². The van der Waals surface area contributed by atoms with Crippen molar-refractivity contribution in [3.8, 4) is 5.75 Å². The van der Waals surface area contributed by atoms with Gasteiger partial charge in [0.2, 0.25) is 0 Å². The third-order valence-electron chi connectivity index (χ3n) is 4.08. The maximum Gasteiger partial charge on any atom is 0.124 e. The van der Waals surface area contributed by atoms with Crippen molar-refractivity contribution in [2.75, 3.05) is 0 Å². The van der Waals surface area contributed by atoms with E-state index >= 15 is 0 Å². The zero-order chi connectivity index (χ0) is 12.1. The van der Waals surface area contributed by atoms with Crippen LogP contribution in [0.15, 0.2) is 42.5 Å². The van der Waals surface area contributed by atoms with E-state index < -0.39 is 0 Å². The van der Waals surface area contributed by atoms with Gasteiger partial charge in [-0.15, -0.1) is 0 Å². The summed E-state index contributed by atoms with van der Waals surface area (Å²) in [5.74, 6) is 0.433. The zero-order valence-electron chi connectivity index (χ0n) is 10.1. The lowest BCUT2D eigenvalue weighted by Gasteiger charge is -2.10. The molecule has 4 rings (SSSR count). The van der Waals surface area contributed by atoms with Gasteiger partial charge in [-0.25, -0.2) is 0 Å². The third-order valence-corrected chi connectivity index (χ3v) is 4.08. The lowest BCUT2D eigenvalue weighted by atomic mass is 9.95. The molecule has 0 aromatic heterocycles. The molecular formula is C17H14O. The molecule has 0 saturated heterocycles. The molecule has 1 nitrogen and oxygen atoms in total. The number of aromatic hydroxyl groups is 1. The van der Waals surface area contributed by atoms with E-state index in [-0.39, 0.29) is 0 Å². The molecule has 0 aliphatic heterocycles. The first kappa shape index (κ1) is 9.95. The van der Waals surface area contributed by atoms with Crippen LogP contribution in [-0.4, -0.2) is 5.11 Å². The lowest BCUT2D eigenvalue weighted by molar-refractivity contribution is 0.481. The van der Waals surface area contributed by atoms with Gasteiger partial charge in [0.05, 0.1) is 0 Å². The van der Waals surface area contributed by atoms with E-state index in [1.54, 1.807) is 0 Å². The normalized spacial score (nSPS) is 14.2. The Morgan fingerprint density at radius 3 is 2.72 bits per heavy atom. The van der Waals surface area contributed by atoms with Crippen LogP contribution in [0.25, 0.3) is 21.5 Å². The number of fused-ring (bicyclic) bond motifs is 5. The summed E-state index contributed by atoms with van der Waals surface area (Å²) in [6.07, 6.45) is 3.46. The van der Waals surface area contributed by atoms with Crippen molar-refractivity contribution >= 4 is 21.5 Å². The van der Waals surface area contributed by atoms with Gasteiger partial charge < -0.3 is 5.11 Å². The Kier molecular flexibility index (Phi) is 1.93. The van der Waals surface area contributed by atoms with E-state index in [1.165, 1.54) is 28.3 Å². The number of phenols is 1. The first-order valence-corrected chi connectivity index (χ1v) is 6.50. The van der Waals surface area contributed by atoms with Crippen LogP contribution < -0.4 is 0 Å². The Morgan fingerprint density at radius 1 is 0.889 bits per heavy atom. The van der Waals surface area contributed by atoms with E-state index in [0.29, 0.717) is 5.75 Å². The monoisotopic (exact) mass is 234 g/mol. The average Bonchev–Trinajstić information content (AvgIpc) is 2.86. The largest absolute Gasteiger partial charge is 0.507 e. The molecule has 88 valence electrons. The van der Waals surface area contributed by atoms with Gasteiger partial charge in [0.25, 0.3) is 0 Å². The van der Waals surface area contributed by atoms with Crippen LogP contribution >= 0.6 is 0 Å². The number of benzene rings is 3. The molecule has 0 amide bonds. The summed E-state index contributed by atoms with van der Waals surface area (Å²) < 4.78 is 0. The summed E-state index contributed by atoms with van der Waals surface area (Å²) >= 11 is 0. The fourth-order valence-electron chi connectivity index (χ4n) is 3.27. The first-order chi connectivity index (χ1) is 8.84. The topological polar surface area (TPSA) is 20.2 Å². The Balaban J connectivity index is 2.26. The Labute approximate surface area is 106 Å². The summed E-state index contributed by atoms with van der Waals surface area (Å²) in [5.41, 5.74) is 2.77. The molecule has 0 bridgehead atoms. The molecule has 0 atom stereocenters. The molecule has 1 aliphatic carbocycles. The quantitative estimate of drug-likeness (QED) is 0.578. The number of phenolic OH excluding ortho intramolecular Hbond substituents is 1. The minimum atomic E-state index is 0.433. The molecule has 1 aliphatic rings. The Hall–Kier alpha value is -2.02. The van der Waals surface area contributed by atoms with Gasteiger partial charge in [-0.1, -0.05) is 36.4 Å². The molecular weight excluding hydrogens is 220 g/mol. The van der Waals surface area contributed by atoms with Gasteiger partial charge in [-0.05, 0) is 52.6 Å². The standard InChI is InChI=1S/C17H14O/c18-16-10-12-5-3-7-13(12)15-9-8-11-4-1-2-6-14(11)17(15)16/h1-2,4,6,8-10,18H,3,5,7H2. The van der Waals surface area contributed by atoms with Crippen LogP contribution in [0.2, 0.25) is 0 Å². The number of hydrogen-bond donors (Lipinski definition) is 1. The molecule has 0 saturated carbocycles. The minimum absolute atomic E-state index is 0.433. The second-order valence-electron chi connectivity index (χ2n) is 5.10.